The Balaban J connectivity index is 1.53. The second-order valence-corrected chi connectivity index (χ2v) is 8.35. The number of aromatic nitrogens is 4. The largest absolute Gasteiger partial charge is 0.383 e. The van der Waals surface area contributed by atoms with Crippen LogP contribution in [0.2, 0.25) is 0 Å². The lowest BCUT2D eigenvalue weighted by Crippen LogP contribution is -2.23. The average Bonchev–Trinajstić information content (AvgIpc) is 3.33. The van der Waals surface area contributed by atoms with E-state index in [-0.39, 0.29) is 11.2 Å². The first-order chi connectivity index (χ1) is 14.6. The third-order valence-corrected chi connectivity index (χ3v) is 6.22. The number of hydrogen-bond donors (Lipinski definition) is 1. The number of carbonyl (C=O) groups is 1. The summed E-state index contributed by atoms with van der Waals surface area (Å²) in [4.78, 5) is 12.8. The van der Waals surface area contributed by atoms with Gasteiger partial charge in [-0.3, -0.25) is 4.79 Å². The van der Waals surface area contributed by atoms with Gasteiger partial charge in [0.15, 0.2) is 5.16 Å². The van der Waals surface area contributed by atoms with Crippen LogP contribution >= 0.6 is 11.8 Å². The van der Waals surface area contributed by atoms with Gasteiger partial charge in [0.1, 0.15) is 6.33 Å². The second-order valence-electron chi connectivity index (χ2n) is 7.04. The highest BCUT2D eigenvalue weighted by Gasteiger charge is 2.19. The molecule has 2 aromatic carbocycles. The molecule has 0 aliphatic rings. The number of para-hydroxylation sites is 1. The van der Waals surface area contributed by atoms with Gasteiger partial charge in [-0.2, -0.15) is 0 Å². The van der Waals surface area contributed by atoms with E-state index in [0.717, 1.165) is 17.6 Å². The molecular weight excluding hydrogens is 398 g/mol. The Morgan fingerprint density at radius 2 is 2.00 bits per heavy atom. The lowest BCUT2D eigenvalue weighted by molar-refractivity contribution is -0.115. The molecule has 0 saturated carbocycles. The number of anilines is 1. The first-order valence-electron chi connectivity index (χ1n) is 9.97. The van der Waals surface area contributed by atoms with E-state index in [2.05, 4.69) is 57.3 Å². The fraction of sp³-hybridized carbons (Fsp3) is 0.318. The molecule has 0 bridgehead atoms. The Kier molecular flexibility index (Phi) is 6.06. The van der Waals surface area contributed by atoms with Crippen LogP contribution < -0.4 is 5.32 Å². The number of benzene rings is 2. The number of rotatable bonds is 8. The van der Waals surface area contributed by atoms with Gasteiger partial charge in [0.2, 0.25) is 5.91 Å². The van der Waals surface area contributed by atoms with Crippen molar-refractivity contribution < 1.29 is 9.53 Å². The van der Waals surface area contributed by atoms with E-state index in [1.807, 2.05) is 23.6 Å². The zero-order chi connectivity index (χ0) is 21.1. The van der Waals surface area contributed by atoms with Gasteiger partial charge < -0.3 is 19.2 Å². The molecule has 1 atom stereocenters. The van der Waals surface area contributed by atoms with E-state index in [1.165, 1.54) is 28.2 Å². The quantitative estimate of drug-likeness (QED) is 0.431. The van der Waals surface area contributed by atoms with Crippen molar-refractivity contribution in [2.45, 2.75) is 37.3 Å². The van der Waals surface area contributed by atoms with Crippen LogP contribution in [0.15, 0.2) is 53.9 Å². The molecule has 8 heteroatoms. The minimum absolute atomic E-state index is 0.0696. The molecule has 2 heterocycles. The molecule has 4 aromatic rings. The van der Waals surface area contributed by atoms with Gasteiger partial charge in [-0.25, -0.2) is 0 Å². The molecule has 2 aromatic heterocycles. The topological polar surface area (TPSA) is 74.0 Å². The van der Waals surface area contributed by atoms with Gasteiger partial charge in [0, 0.05) is 47.7 Å². The summed E-state index contributed by atoms with van der Waals surface area (Å²) in [5.74, 6) is -0.0696. The molecule has 0 aliphatic carbocycles. The molecule has 30 heavy (non-hydrogen) atoms. The number of ether oxygens (including phenoxy) is 1. The first kappa shape index (κ1) is 20.4. The van der Waals surface area contributed by atoms with Gasteiger partial charge in [-0.05, 0) is 38.1 Å². The Labute approximate surface area is 179 Å². The van der Waals surface area contributed by atoms with Gasteiger partial charge in [0.05, 0.1) is 11.9 Å². The minimum atomic E-state index is -0.317. The SMILES string of the molecule is CCn1c2ccccc2c2cc(NC(=O)C(C)Sc3nncn3CCOC)ccc21. The zero-order valence-corrected chi connectivity index (χ0v) is 18.1. The van der Waals surface area contributed by atoms with Crippen LogP contribution in [0.4, 0.5) is 5.69 Å². The van der Waals surface area contributed by atoms with Crippen LogP contribution in [0.5, 0.6) is 0 Å². The maximum Gasteiger partial charge on any atom is 0.237 e. The van der Waals surface area contributed by atoms with Gasteiger partial charge in [-0.1, -0.05) is 30.0 Å². The van der Waals surface area contributed by atoms with Gasteiger partial charge in [0.25, 0.3) is 0 Å². The maximum absolute atomic E-state index is 12.8. The first-order valence-corrected chi connectivity index (χ1v) is 10.9. The van der Waals surface area contributed by atoms with Crippen LogP contribution in [0.25, 0.3) is 21.8 Å². The number of nitrogens with one attached hydrogen (secondary N) is 1. The van der Waals surface area contributed by atoms with E-state index in [9.17, 15) is 4.79 Å². The number of methoxy groups -OCH3 is 1. The van der Waals surface area contributed by atoms with Crippen molar-refractivity contribution in [1.82, 2.24) is 19.3 Å². The molecule has 7 nitrogen and oxygen atoms in total. The van der Waals surface area contributed by atoms with Gasteiger partial charge in [-0.15, -0.1) is 10.2 Å². The number of carbonyl (C=O) groups excluding carboxylic acids is 1. The van der Waals surface area contributed by atoms with E-state index in [1.54, 1.807) is 13.4 Å². The summed E-state index contributed by atoms with van der Waals surface area (Å²) in [6, 6.07) is 14.5. The van der Waals surface area contributed by atoms with Crippen molar-refractivity contribution in [3.05, 3.63) is 48.8 Å². The summed E-state index contributed by atoms with van der Waals surface area (Å²) in [5.41, 5.74) is 3.17. The van der Waals surface area contributed by atoms with E-state index < -0.39 is 0 Å². The molecule has 1 N–H and O–H groups in total. The molecule has 0 saturated heterocycles. The standard InChI is InChI=1S/C22H25N5O2S/c1-4-27-19-8-6-5-7-17(19)18-13-16(9-10-20(18)27)24-21(28)15(2)30-22-25-23-14-26(22)11-12-29-3/h5-10,13-15H,4,11-12H2,1-3H3,(H,24,28). The van der Waals surface area contributed by atoms with Crippen molar-refractivity contribution in [3.8, 4) is 0 Å². The highest BCUT2D eigenvalue weighted by atomic mass is 32.2. The summed E-state index contributed by atoms with van der Waals surface area (Å²) in [6.07, 6.45) is 1.66. The minimum Gasteiger partial charge on any atom is -0.383 e. The number of aryl methyl sites for hydroxylation is 1. The zero-order valence-electron chi connectivity index (χ0n) is 17.3. The number of thioether (sulfide) groups is 1. The fourth-order valence-corrected chi connectivity index (χ4v) is 4.46. The lowest BCUT2D eigenvalue weighted by Gasteiger charge is -2.12. The Morgan fingerprint density at radius 1 is 1.20 bits per heavy atom. The molecular formula is C22H25N5O2S. The van der Waals surface area contributed by atoms with Crippen molar-refractivity contribution in [2.75, 3.05) is 19.0 Å². The average molecular weight is 424 g/mol. The van der Waals surface area contributed by atoms with E-state index in [4.69, 9.17) is 4.74 Å². The summed E-state index contributed by atoms with van der Waals surface area (Å²) in [6.45, 7) is 6.13. The Morgan fingerprint density at radius 3 is 2.80 bits per heavy atom. The second kappa shape index (κ2) is 8.89. The molecule has 1 unspecified atom stereocenters. The molecule has 0 radical (unpaired) electrons. The highest BCUT2D eigenvalue weighted by molar-refractivity contribution is 8.00. The van der Waals surface area contributed by atoms with Crippen LogP contribution in [0, 0.1) is 0 Å². The summed E-state index contributed by atoms with van der Waals surface area (Å²) in [7, 11) is 1.65. The third-order valence-electron chi connectivity index (χ3n) is 5.12. The fourth-order valence-electron chi connectivity index (χ4n) is 3.61. The smallest absolute Gasteiger partial charge is 0.237 e. The normalized spacial score (nSPS) is 12.5. The maximum atomic E-state index is 12.8. The van der Waals surface area contributed by atoms with Crippen molar-refractivity contribution in [1.29, 1.82) is 0 Å². The number of amides is 1. The van der Waals surface area contributed by atoms with Crippen molar-refractivity contribution >= 4 is 45.2 Å². The predicted molar refractivity (Wildman–Crippen MR) is 121 cm³/mol. The van der Waals surface area contributed by atoms with E-state index in [0.29, 0.717) is 18.3 Å². The molecule has 0 spiro atoms. The van der Waals surface area contributed by atoms with E-state index >= 15 is 0 Å². The molecule has 1 amide bonds. The molecule has 4 rings (SSSR count). The van der Waals surface area contributed by atoms with Crippen LogP contribution in [0.1, 0.15) is 13.8 Å². The van der Waals surface area contributed by atoms with Crippen LogP contribution in [-0.2, 0) is 22.6 Å². The lowest BCUT2D eigenvalue weighted by atomic mass is 10.1. The van der Waals surface area contributed by atoms with Crippen molar-refractivity contribution in [2.24, 2.45) is 0 Å². The predicted octanol–water partition coefficient (Wildman–Crippen LogP) is 4.17. The van der Waals surface area contributed by atoms with Gasteiger partial charge >= 0.3 is 0 Å². The third kappa shape index (κ3) is 3.93. The molecule has 0 fully saturated rings. The highest BCUT2D eigenvalue weighted by Crippen LogP contribution is 2.31. The number of nitrogens with zero attached hydrogens (tertiary/aromatic N) is 4. The summed E-state index contributed by atoms with van der Waals surface area (Å²) < 4.78 is 9.30. The monoisotopic (exact) mass is 423 g/mol. The van der Waals surface area contributed by atoms with Crippen LogP contribution in [-0.4, -0.2) is 44.2 Å². The van der Waals surface area contributed by atoms with Crippen molar-refractivity contribution in [3.63, 3.8) is 0 Å². The Hall–Kier alpha value is -2.84. The molecule has 156 valence electrons. The Bertz CT molecular complexity index is 1180. The molecule has 0 aliphatic heterocycles. The number of fused-ring (bicyclic) bond motifs is 3. The summed E-state index contributed by atoms with van der Waals surface area (Å²) in [5, 5.41) is 13.8. The number of hydrogen-bond acceptors (Lipinski definition) is 5. The summed E-state index contributed by atoms with van der Waals surface area (Å²) >= 11 is 1.39. The van der Waals surface area contributed by atoms with Crippen LogP contribution in [0.3, 0.4) is 0 Å².